The first-order valence-corrected chi connectivity index (χ1v) is 7.96. The molecule has 3 aromatic rings. The molecule has 0 unspecified atom stereocenters. The van der Waals surface area contributed by atoms with Crippen LogP contribution >= 0.6 is 0 Å². The zero-order valence-corrected chi connectivity index (χ0v) is 14.7. The van der Waals surface area contributed by atoms with E-state index in [1.807, 2.05) is 0 Å². The fraction of sp³-hybridized carbons (Fsp3) is 0.250. The fourth-order valence-electron chi connectivity index (χ4n) is 2.55. The number of alkyl halides is 2. The van der Waals surface area contributed by atoms with Gasteiger partial charge in [-0.15, -0.1) is 5.10 Å². The molecule has 3 rings (SSSR count). The second-order valence-corrected chi connectivity index (χ2v) is 5.82. The minimum atomic E-state index is -3.16. The third-order valence-corrected chi connectivity index (χ3v) is 3.64. The van der Waals surface area contributed by atoms with E-state index in [9.17, 15) is 23.7 Å². The van der Waals surface area contributed by atoms with E-state index >= 15 is 0 Å². The zero-order valence-electron chi connectivity index (χ0n) is 14.7. The third kappa shape index (κ3) is 4.16. The molecule has 2 heterocycles. The van der Waals surface area contributed by atoms with E-state index in [0.717, 1.165) is 29.6 Å². The van der Waals surface area contributed by atoms with E-state index in [-0.39, 0.29) is 17.9 Å². The molecule has 0 spiro atoms. The first-order valence-electron chi connectivity index (χ1n) is 7.96. The van der Waals surface area contributed by atoms with Crippen molar-refractivity contribution in [1.82, 2.24) is 19.6 Å². The normalized spacial score (nSPS) is 11.0. The second kappa shape index (κ2) is 7.50. The molecule has 12 heteroatoms. The van der Waals surface area contributed by atoms with Gasteiger partial charge in [-0.05, 0) is 26.0 Å². The van der Waals surface area contributed by atoms with Gasteiger partial charge in [-0.2, -0.15) is 13.8 Å². The topological polar surface area (TPSA) is 125 Å². The van der Waals surface area contributed by atoms with Crippen LogP contribution in [0.4, 0.5) is 20.2 Å². The van der Waals surface area contributed by atoms with Crippen molar-refractivity contribution in [1.29, 1.82) is 0 Å². The molecule has 0 aliphatic heterocycles. The highest BCUT2D eigenvalue weighted by molar-refractivity contribution is 5.93. The molecule has 0 fully saturated rings. The molecule has 0 radical (unpaired) electrons. The third-order valence-electron chi connectivity index (χ3n) is 3.64. The number of nitro benzene ring substituents is 1. The quantitative estimate of drug-likeness (QED) is 0.504. The van der Waals surface area contributed by atoms with E-state index in [1.165, 1.54) is 4.52 Å². The number of aryl methyl sites for hydroxylation is 2. The lowest BCUT2D eigenvalue weighted by Gasteiger charge is -2.11. The van der Waals surface area contributed by atoms with Gasteiger partial charge in [0.1, 0.15) is 5.75 Å². The molecule has 10 nitrogen and oxygen atoms in total. The highest BCUT2D eigenvalue weighted by atomic mass is 19.3. The van der Waals surface area contributed by atoms with Crippen LogP contribution in [0.5, 0.6) is 5.75 Å². The summed E-state index contributed by atoms with van der Waals surface area (Å²) in [5, 5.41) is 17.4. The van der Waals surface area contributed by atoms with E-state index < -0.39 is 28.9 Å². The van der Waals surface area contributed by atoms with E-state index in [4.69, 9.17) is 0 Å². The van der Waals surface area contributed by atoms with Gasteiger partial charge in [-0.3, -0.25) is 14.9 Å². The van der Waals surface area contributed by atoms with Crippen LogP contribution in [0.2, 0.25) is 0 Å². The number of carbonyl (C=O) groups is 1. The number of benzene rings is 1. The number of anilines is 1. The fourth-order valence-corrected chi connectivity index (χ4v) is 2.55. The maximum atomic E-state index is 12.5. The monoisotopic (exact) mass is 392 g/mol. The average Bonchev–Trinajstić information content (AvgIpc) is 2.98. The summed E-state index contributed by atoms with van der Waals surface area (Å²) in [6.07, 6.45) is -0.293. The van der Waals surface area contributed by atoms with E-state index in [0.29, 0.717) is 5.78 Å². The standard InChI is InChI=1S/C16H14F2N6O4/c1-8-5-9(2)23-16(19-8)21-13(22-23)7-14(25)20-11-6-10(24(26)27)3-4-12(11)28-15(17)18/h3-6,15H,7H2,1-2H3,(H,20,25). The largest absolute Gasteiger partial charge is 0.433 e. The number of hydrogen-bond acceptors (Lipinski definition) is 7. The van der Waals surface area contributed by atoms with Crippen molar-refractivity contribution in [3.05, 3.63) is 51.6 Å². The Morgan fingerprint density at radius 2 is 2.07 bits per heavy atom. The Balaban J connectivity index is 1.83. The summed E-state index contributed by atoms with van der Waals surface area (Å²) < 4.78 is 30.8. The maximum absolute atomic E-state index is 12.5. The number of hydrogen-bond donors (Lipinski definition) is 1. The first-order chi connectivity index (χ1) is 13.2. The number of non-ortho nitro benzene ring substituents is 1. The SMILES string of the molecule is Cc1cc(C)n2nc(CC(=O)Nc3cc([N+](=O)[O-])ccc3OC(F)F)nc2n1. The van der Waals surface area contributed by atoms with Crippen LogP contribution in [0.25, 0.3) is 5.78 Å². The number of rotatable bonds is 6. The Morgan fingerprint density at radius 3 is 2.75 bits per heavy atom. The first kappa shape index (κ1) is 19.1. The van der Waals surface area contributed by atoms with Crippen LogP contribution in [-0.2, 0) is 11.2 Å². The number of halogens is 2. The van der Waals surface area contributed by atoms with E-state index in [1.54, 1.807) is 19.9 Å². The molecule has 146 valence electrons. The van der Waals surface area contributed by atoms with Crippen molar-refractivity contribution in [3.8, 4) is 5.75 Å². The van der Waals surface area contributed by atoms with Crippen molar-refractivity contribution in [3.63, 3.8) is 0 Å². The highest BCUT2D eigenvalue weighted by Crippen LogP contribution is 2.30. The average molecular weight is 392 g/mol. The number of nitrogens with one attached hydrogen (secondary N) is 1. The zero-order chi connectivity index (χ0) is 20.4. The molecule has 0 aliphatic rings. The lowest BCUT2D eigenvalue weighted by Crippen LogP contribution is -2.17. The predicted molar refractivity (Wildman–Crippen MR) is 92.3 cm³/mol. The van der Waals surface area contributed by atoms with Crippen LogP contribution in [0.1, 0.15) is 17.2 Å². The van der Waals surface area contributed by atoms with Gasteiger partial charge >= 0.3 is 6.61 Å². The van der Waals surface area contributed by atoms with Crippen LogP contribution in [0, 0.1) is 24.0 Å². The molecule has 0 bridgehead atoms. The Hall–Kier alpha value is -3.70. The van der Waals surface area contributed by atoms with Crippen molar-refractivity contribution in [2.24, 2.45) is 0 Å². The lowest BCUT2D eigenvalue weighted by atomic mass is 10.2. The summed E-state index contributed by atoms with van der Waals surface area (Å²) in [5.41, 5.74) is 0.859. The smallest absolute Gasteiger partial charge is 0.387 e. The molecule has 1 aromatic carbocycles. The molecule has 0 saturated heterocycles. The molecule has 2 aromatic heterocycles. The minimum absolute atomic E-state index is 0.153. The molecular formula is C16H14F2N6O4. The molecule has 28 heavy (non-hydrogen) atoms. The number of aromatic nitrogens is 4. The second-order valence-electron chi connectivity index (χ2n) is 5.82. The molecule has 0 aliphatic carbocycles. The van der Waals surface area contributed by atoms with Crippen molar-refractivity contribution >= 4 is 23.1 Å². The van der Waals surface area contributed by atoms with Gasteiger partial charge in [0.05, 0.1) is 17.0 Å². The Labute approximate surface area is 156 Å². The van der Waals surface area contributed by atoms with Crippen LogP contribution in [-0.4, -0.2) is 37.0 Å². The van der Waals surface area contributed by atoms with Crippen LogP contribution in [0.3, 0.4) is 0 Å². The van der Waals surface area contributed by atoms with Gasteiger partial charge in [0.15, 0.2) is 5.82 Å². The van der Waals surface area contributed by atoms with E-state index in [2.05, 4.69) is 25.1 Å². The predicted octanol–water partition coefficient (Wildman–Crippen LogP) is 2.43. The van der Waals surface area contributed by atoms with Gasteiger partial charge in [0, 0.05) is 23.5 Å². The van der Waals surface area contributed by atoms with Crippen molar-refractivity contribution in [2.45, 2.75) is 26.9 Å². The maximum Gasteiger partial charge on any atom is 0.387 e. The van der Waals surface area contributed by atoms with Crippen LogP contribution in [0.15, 0.2) is 24.3 Å². The van der Waals surface area contributed by atoms with Crippen molar-refractivity contribution in [2.75, 3.05) is 5.32 Å². The number of ether oxygens (including phenoxy) is 1. The number of nitro groups is 1. The van der Waals surface area contributed by atoms with Gasteiger partial charge in [0.25, 0.3) is 11.5 Å². The summed E-state index contributed by atoms with van der Waals surface area (Å²) in [4.78, 5) is 30.8. The molecule has 0 atom stereocenters. The summed E-state index contributed by atoms with van der Waals surface area (Å²) in [6, 6.07) is 4.71. The van der Waals surface area contributed by atoms with Gasteiger partial charge in [-0.1, -0.05) is 0 Å². The van der Waals surface area contributed by atoms with Gasteiger partial charge < -0.3 is 10.1 Å². The summed E-state index contributed by atoms with van der Waals surface area (Å²) in [6.45, 7) is 0.438. The number of carbonyl (C=O) groups excluding carboxylic acids is 1. The molecule has 1 N–H and O–H groups in total. The number of fused-ring (bicyclic) bond motifs is 1. The number of nitrogens with zero attached hydrogens (tertiary/aromatic N) is 5. The summed E-state index contributed by atoms with van der Waals surface area (Å²) in [7, 11) is 0. The van der Waals surface area contributed by atoms with Gasteiger partial charge in [0.2, 0.25) is 5.91 Å². The Kier molecular flexibility index (Phi) is 5.11. The van der Waals surface area contributed by atoms with Crippen molar-refractivity contribution < 1.29 is 23.2 Å². The Morgan fingerprint density at radius 1 is 1.32 bits per heavy atom. The molecule has 1 amide bonds. The molecular weight excluding hydrogens is 378 g/mol. The van der Waals surface area contributed by atoms with Crippen LogP contribution < -0.4 is 10.1 Å². The van der Waals surface area contributed by atoms with Gasteiger partial charge in [-0.25, -0.2) is 9.50 Å². The highest BCUT2D eigenvalue weighted by Gasteiger charge is 2.18. The minimum Gasteiger partial charge on any atom is -0.433 e. The molecule has 0 saturated carbocycles. The summed E-state index contributed by atoms with van der Waals surface area (Å²) in [5.74, 6) is -0.590. The number of amides is 1. The Bertz CT molecular complexity index is 1070. The summed E-state index contributed by atoms with van der Waals surface area (Å²) >= 11 is 0. The lowest BCUT2D eigenvalue weighted by molar-refractivity contribution is -0.384.